The zero-order chi connectivity index (χ0) is 15.7. The van der Waals surface area contributed by atoms with Gasteiger partial charge in [0.15, 0.2) is 0 Å². The molecular weight excluding hydrogens is 292 g/mol. The lowest BCUT2D eigenvalue weighted by Gasteiger charge is -2.04. The van der Waals surface area contributed by atoms with Crippen LogP contribution in [-0.4, -0.2) is 24.2 Å². The van der Waals surface area contributed by atoms with E-state index in [9.17, 15) is 9.59 Å². The second-order valence-corrected chi connectivity index (χ2v) is 4.44. The molecule has 1 rings (SSSR count). The summed E-state index contributed by atoms with van der Waals surface area (Å²) in [6.45, 7) is 0.368. The smallest absolute Gasteiger partial charge is 0.263 e. The van der Waals surface area contributed by atoms with Gasteiger partial charge in [-0.25, -0.2) is 0 Å². The maximum absolute atomic E-state index is 11.8. The monoisotopic (exact) mass is 306 g/mol. The van der Waals surface area contributed by atoms with Gasteiger partial charge in [0.2, 0.25) is 0 Å². The predicted octanol–water partition coefficient (Wildman–Crippen LogP) is 1.15. The Morgan fingerprint density at radius 3 is 2.57 bits per heavy atom. The van der Waals surface area contributed by atoms with Crippen molar-refractivity contribution in [3.05, 3.63) is 41.6 Å². The molecule has 1 aromatic rings. The quantitative estimate of drug-likeness (QED) is 0.241. The van der Waals surface area contributed by atoms with Crippen LogP contribution in [0.2, 0.25) is 0 Å². The molecule has 0 bridgehead atoms. The van der Waals surface area contributed by atoms with Crippen LogP contribution in [-0.2, 0) is 4.79 Å². The minimum atomic E-state index is -0.555. The fourth-order valence-electron chi connectivity index (χ4n) is 1.37. The van der Waals surface area contributed by atoms with Crippen LogP contribution in [0.25, 0.3) is 0 Å². The number of carbonyl (C=O) groups excluding carboxylic acids is 2. The second-order valence-electron chi connectivity index (χ2n) is 4.06. The Bertz CT molecular complexity index is 576. The van der Waals surface area contributed by atoms with Crippen LogP contribution in [0.3, 0.4) is 0 Å². The molecule has 0 atom stereocenters. The third-order valence-electron chi connectivity index (χ3n) is 2.48. The maximum Gasteiger partial charge on any atom is 0.263 e. The van der Waals surface area contributed by atoms with Crippen LogP contribution in [0, 0.1) is 11.3 Å². The number of hydrogen-bond donors (Lipinski definition) is 3. The summed E-state index contributed by atoms with van der Waals surface area (Å²) < 4.78 is 0. The summed E-state index contributed by atoms with van der Waals surface area (Å²) in [6.07, 6.45) is 1.68. The van der Waals surface area contributed by atoms with Crippen LogP contribution in [0.5, 0.6) is 0 Å². The molecule has 1 aromatic carbocycles. The fraction of sp³-hybridized carbons (Fsp3) is 0.214. The third kappa shape index (κ3) is 5.55. The van der Waals surface area contributed by atoms with Gasteiger partial charge in [-0.3, -0.25) is 9.59 Å². The summed E-state index contributed by atoms with van der Waals surface area (Å²) in [7, 11) is 0. The van der Waals surface area contributed by atoms with E-state index in [1.165, 1.54) is 0 Å². The molecule has 0 aliphatic heterocycles. The molecule has 0 aromatic heterocycles. The molecule has 0 aliphatic carbocycles. The van der Waals surface area contributed by atoms with E-state index in [2.05, 4.69) is 10.6 Å². The number of nitrogens with two attached hydrogens (primary N) is 1. The first-order valence-corrected chi connectivity index (χ1v) is 6.72. The summed E-state index contributed by atoms with van der Waals surface area (Å²) in [5.41, 5.74) is 6.25. The van der Waals surface area contributed by atoms with Gasteiger partial charge in [-0.05, 0) is 30.7 Å². The minimum Gasteiger partial charge on any atom is -0.399 e. The number of nitrogens with one attached hydrogen (secondary N) is 2. The van der Waals surface area contributed by atoms with Gasteiger partial charge in [-0.15, -0.1) is 11.6 Å². The van der Waals surface area contributed by atoms with Gasteiger partial charge < -0.3 is 16.4 Å². The molecular formula is C14H15ClN4O2. The van der Waals surface area contributed by atoms with Crippen LogP contribution < -0.4 is 16.4 Å². The first-order chi connectivity index (χ1) is 10.1. The molecule has 21 heavy (non-hydrogen) atoms. The third-order valence-corrected chi connectivity index (χ3v) is 2.75. The van der Waals surface area contributed by atoms with E-state index in [-0.39, 0.29) is 5.57 Å². The molecule has 4 N–H and O–H groups in total. The summed E-state index contributed by atoms with van der Waals surface area (Å²) in [5.74, 6) is -0.573. The topological polar surface area (TPSA) is 108 Å². The van der Waals surface area contributed by atoms with Gasteiger partial charge in [0.05, 0.1) is 0 Å². The summed E-state index contributed by atoms with van der Waals surface area (Å²) in [4.78, 5) is 23.4. The Kier molecular flexibility index (Phi) is 6.78. The highest BCUT2D eigenvalue weighted by molar-refractivity contribution is 6.17. The van der Waals surface area contributed by atoms with Gasteiger partial charge >= 0.3 is 0 Å². The number of anilines is 1. The predicted molar refractivity (Wildman–Crippen MR) is 80.4 cm³/mol. The number of alkyl halides is 1. The highest BCUT2D eigenvalue weighted by Gasteiger charge is 2.09. The van der Waals surface area contributed by atoms with Crippen molar-refractivity contribution < 1.29 is 9.59 Å². The maximum atomic E-state index is 11.8. The van der Waals surface area contributed by atoms with E-state index in [4.69, 9.17) is 22.6 Å². The van der Waals surface area contributed by atoms with E-state index in [1.54, 1.807) is 30.3 Å². The van der Waals surface area contributed by atoms with Crippen LogP contribution in [0.15, 0.2) is 36.0 Å². The number of nitriles is 1. The van der Waals surface area contributed by atoms with E-state index >= 15 is 0 Å². The molecule has 6 nitrogen and oxygen atoms in total. The number of amides is 2. The number of nitrogens with zero attached hydrogens (tertiary/aromatic N) is 1. The summed E-state index contributed by atoms with van der Waals surface area (Å²) >= 11 is 5.48. The molecule has 0 aliphatic rings. The zero-order valence-corrected chi connectivity index (χ0v) is 12.0. The molecule has 110 valence electrons. The van der Waals surface area contributed by atoms with E-state index in [0.29, 0.717) is 30.1 Å². The molecule has 2 amide bonds. The van der Waals surface area contributed by atoms with Crippen molar-refractivity contribution in [1.29, 1.82) is 5.26 Å². The Morgan fingerprint density at radius 1 is 1.33 bits per heavy atom. The molecule has 0 unspecified atom stereocenters. The lowest BCUT2D eigenvalue weighted by molar-refractivity contribution is -0.117. The molecule has 0 spiro atoms. The number of benzene rings is 1. The van der Waals surface area contributed by atoms with Crippen molar-refractivity contribution in [2.45, 2.75) is 6.42 Å². The largest absolute Gasteiger partial charge is 0.399 e. The number of halogens is 1. The Hall–Kier alpha value is -2.52. The number of hydrogen-bond acceptors (Lipinski definition) is 4. The van der Waals surface area contributed by atoms with Crippen molar-refractivity contribution in [3.8, 4) is 6.07 Å². The standard InChI is InChI=1S/C14H15ClN4O2/c15-6-1-7-18-14(21)11(8-16)9-19-13(20)10-2-4-12(17)5-3-10/h2-5,9H,1,6-7,17H2,(H,18,21)(H,19,20)/b11-9-. The van der Waals surface area contributed by atoms with Crippen molar-refractivity contribution >= 4 is 29.1 Å². The highest BCUT2D eigenvalue weighted by atomic mass is 35.5. The highest BCUT2D eigenvalue weighted by Crippen LogP contribution is 2.05. The lowest BCUT2D eigenvalue weighted by Crippen LogP contribution is -2.27. The first-order valence-electron chi connectivity index (χ1n) is 6.19. The summed E-state index contributed by atoms with van der Waals surface area (Å²) in [5, 5.41) is 13.8. The SMILES string of the molecule is N#C/C(=C/NC(=O)c1ccc(N)cc1)C(=O)NCCCCl. The molecule has 0 heterocycles. The second kappa shape index (κ2) is 8.61. The van der Waals surface area contributed by atoms with Crippen molar-refractivity contribution in [2.24, 2.45) is 0 Å². The lowest BCUT2D eigenvalue weighted by atomic mass is 10.2. The average Bonchev–Trinajstić information content (AvgIpc) is 2.48. The van der Waals surface area contributed by atoms with Crippen LogP contribution in [0.1, 0.15) is 16.8 Å². The molecule has 0 saturated carbocycles. The van der Waals surface area contributed by atoms with Crippen LogP contribution in [0.4, 0.5) is 5.69 Å². The van der Waals surface area contributed by atoms with Gasteiger partial charge in [0, 0.05) is 29.9 Å². The summed E-state index contributed by atoms with van der Waals surface area (Å²) in [6, 6.07) is 7.99. The molecule has 0 saturated heterocycles. The van der Waals surface area contributed by atoms with Gasteiger partial charge in [0.1, 0.15) is 11.6 Å². The molecule has 7 heteroatoms. The first kappa shape index (κ1) is 16.5. The van der Waals surface area contributed by atoms with Crippen LogP contribution >= 0.6 is 11.6 Å². The normalized spacial score (nSPS) is 10.6. The van der Waals surface area contributed by atoms with Gasteiger partial charge in [-0.1, -0.05) is 0 Å². The van der Waals surface area contributed by atoms with Gasteiger partial charge in [0.25, 0.3) is 11.8 Å². The Morgan fingerprint density at radius 2 is 2.00 bits per heavy atom. The van der Waals surface area contributed by atoms with Crippen molar-refractivity contribution in [2.75, 3.05) is 18.2 Å². The zero-order valence-electron chi connectivity index (χ0n) is 11.2. The minimum absolute atomic E-state index is 0.187. The average molecular weight is 307 g/mol. The number of rotatable bonds is 6. The fourth-order valence-corrected chi connectivity index (χ4v) is 1.50. The molecule has 0 radical (unpaired) electrons. The van der Waals surface area contributed by atoms with E-state index in [0.717, 1.165) is 6.20 Å². The van der Waals surface area contributed by atoms with E-state index in [1.807, 2.05) is 0 Å². The number of carbonyl (C=O) groups is 2. The van der Waals surface area contributed by atoms with Crippen molar-refractivity contribution in [3.63, 3.8) is 0 Å². The van der Waals surface area contributed by atoms with Crippen molar-refractivity contribution in [1.82, 2.24) is 10.6 Å². The van der Waals surface area contributed by atoms with Gasteiger partial charge in [-0.2, -0.15) is 5.26 Å². The molecule has 0 fully saturated rings. The Labute approximate surface area is 127 Å². The van der Waals surface area contributed by atoms with E-state index < -0.39 is 11.8 Å². The number of nitrogen functional groups attached to an aromatic ring is 1. The Balaban J connectivity index is 2.63.